The summed E-state index contributed by atoms with van der Waals surface area (Å²) in [6, 6.07) is 18.1. The van der Waals surface area contributed by atoms with Crippen LogP contribution in [0.4, 0.5) is 0 Å². The maximum absolute atomic E-state index is 12.3. The van der Waals surface area contributed by atoms with Crippen molar-refractivity contribution in [1.29, 1.82) is 0 Å². The van der Waals surface area contributed by atoms with Gasteiger partial charge < -0.3 is 4.90 Å². The molecule has 1 aliphatic heterocycles. The lowest BCUT2D eigenvalue weighted by Gasteiger charge is -2.36. The lowest BCUT2D eigenvalue weighted by Crippen LogP contribution is -2.52. The second-order valence-electron chi connectivity index (χ2n) is 6.69. The second-order valence-corrected chi connectivity index (χ2v) is 7.08. The van der Waals surface area contributed by atoms with Crippen molar-refractivity contribution in [2.24, 2.45) is 0 Å². The molecule has 26 heavy (non-hydrogen) atoms. The fraction of sp³-hybridized carbons (Fsp3) is 0.333. The minimum Gasteiger partial charge on any atom is -0.346 e. The van der Waals surface area contributed by atoms with Gasteiger partial charge in [0.25, 0.3) is 5.91 Å². The van der Waals surface area contributed by atoms with Crippen LogP contribution < -0.4 is 5.32 Å². The molecule has 2 aromatic carbocycles. The van der Waals surface area contributed by atoms with Gasteiger partial charge in [0.2, 0.25) is 0 Å². The number of nitrogens with one attached hydrogen (secondary N) is 1. The number of carbonyl (C=O) groups excluding carboxylic acids is 1. The standard InChI is InChI=1S/C21H25N3OS/c1-17-7-9-19(10-8-17)20(25)22-21(26)24-15-13-23(14-16-24)12-11-18-5-3-2-4-6-18/h2-10H,11-16H2,1H3,(H,22,25,26). The number of thiocarbonyl (C=S) groups is 1. The van der Waals surface area contributed by atoms with Crippen LogP contribution in [0.15, 0.2) is 54.6 Å². The van der Waals surface area contributed by atoms with Crippen LogP contribution >= 0.6 is 12.2 Å². The summed E-state index contributed by atoms with van der Waals surface area (Å²) in [5.74, 6) is -0.137. The van der Waals surface area contributed by atoms with Crippen molar-refractivity contribution in [2.45, 2.75) is 13.3 Å². The van der Waals surface area contributed by atoms with E-state index in [1.54, 1.807) is 0 Å². The number of nitrogens with zero attached hydrogens (tertiary/aromatic N) is 2. The first-order valence-corrected chi connectivity index (χ1v) is 9.46. The zero-order valence-electron chi connectivity index (χ0n) is 15.1. The molecule has 0 spiro atoms. The van der Waals surface area contributed by atoms with E-state index in [1.807, 2.05) is 37.3 Å². The highest BCUT2D eigenvalue weighted by atomic mass is 32.1. The molecule has 1 saturated heterocycles. The first-order valence-electron chi connectivity index (χ1n) is 9.05. The van der Waals surface area contributed by atoms with Gasteiger partial charge >= 0.3 is 0 Å². The zero-order chi connectivity index (χ0) is 18.4. The predicted octanol–water partition coefficient (Wildman–Crippen LogP) is 2.87. The van der Waals surface area contributed by atoms with E-state index in [4.69, 9.17) is 12.2 Å². The summed E-state index contributed by atoms with van der Waals surface area (Å²) >= 11 is 5.43. The minimum atomic E-state index is -0.137. The summed E-state index contributed by atoms with van der Waals surface area (Å²) in [6.07, 6.45) is 1.06. The summed E-state index contributed by atoms with van der Waals surface area (Å²) < 4.78 is 0. The van der Waals surface area contributed by atoms with Crippen molar-refractivity contribution < 1.29 is 4.79 Å². The van der Waals surface area contributed by atoms with Crippen LogP contribution in [0, 0.1) is 6.92 Å². The maximum atomic E-state index is 12.3. The van der Waals surface area contributed by atoms with Gasteiger partial charge in [-0.25, -0.2) is 0 Å². The topological polar surface area (TPSA) is 35.6 Å². The number of rotatable bonds is 4. The van der Waals surface area contributed by atoms with Crippen LogP contribution in [0.2, 0.25) is 0 Å². The van der Waals surface area contributed by atoms with Crippen LogP contribution in [0.5, 0.6) is 0 Å². The van der Waals surface area contributed by atoms with Gasteiger partial charge in [0.15, 0.2) is 5.11 Å². The summed E-state index contributed by atoms with van der Waals surface area (Å²) in [5.41, 5.74) is 3.14. The molecular formula is C21H25N3OS. The van der Waals surface area contributed by atoms with Gasteiger partial charge in [-0.1, -0.05) is 48.0 Å². The maximum Gasteiger partial charge on any atom is 0.257 e. The molecule has 0 bridgehead atoms. The predicted molar refractivity (Wildman–Crippen MR) is 109 cm³/mol. The van der Waals surface area contributed by atoms with Crippen LogP contribution in [0.1, 0.15) is 21.5 Å². The van der Waals surface area contributed by atoms with Gasteiger partial charge in [-0.05, 0) is 43.3 Å². The van der Waals surface area contributed by atoms with Gasteiger partial charge in [0.05, 0.1) is 0 Å². The van der Waals surface area contributed by atoms with Gasteiger partial charge in [0.1, 0.15) is 0 Å². The van der Waals surface area contributed by atoms with Gasteiger partial charge in [-0.15, -0.1) is 0 Å². The molecule has 0 aromatic heterocycles. The number of aryl methyl sites for hydroxylation is 1. The average Bonchev–Trinajstić information content (AvgIpc) is 2.68. The van der Waals surface area contributed by atoms with E-state index < -0.39 is 0 Å². The van der Waals surface area contributed by atoms with Crippen LogP contribution in [0.25, 0.3) is 0 Å². The van der Waals surface area contributed by atoms with E-state index in [0.29, 0.717) is 10.7 Å². The highest BCUT2D eigenvalue weighted by Crippen LogP contribution is 2.07. The zero-order valence-corrected chi connectivity index (χ0v) is 16.0. The summed E-state index contributed by atoms with van der Waals surface area (Å²) in [6.45, 7) is 6.69. The number of hydrogen-bond acceptors (Lipinski definition) is 3. The van der Waals surface area contributed by atoms with Crippen molar-refractivity contribution in [3.05, 3.63) is 71.3 Å². The summed E-state index contributed by atoms with van der Waals surface area (Å²) in [7, 11) is 0. The number of benzene rings is 2. The molecule has 0 aliphatic carbocycles. The fourth-order valence-electron chi connectivity index (χ4n) is 3.06. The molecule has 2 aromatic rings. The Kier molecular flexibility index (Phi) is 6.36. The number of amides is 1. The van der Waals surface area contributed by atoms with Crippen LogP contribution in [-0.2, 0) is 6.42 Å². The molecule has 4 nitrogen and oxygen atoms in total. The molecule has 1 heterocycles. The Labute approximate surface area is 160 Å². The van der Waals surface area contributed by atoms with E-state index >= 15 is 0 Å². The van der Waals surface area contributed by atoms with Crippen molar-refractivity contribution in [1.82, 2.24) is 15.1 Å². The summed E-state index contributed by atoms with van der Waals surface area (Å²) in [4.78, 5) is 16.8. The summed E-state index contributed by atoms with van der Waals surface area (Å²) in [5, 5.41) is 3.38. The van der Waals surface area contributed by atoms with Crippen molar-refractivity contribution in [3.63, 3.8) is 0 Å². The van der Waals surface area contributed by atoms with Crippen LogP contribution in [-0.4, -0.2) is 53.5 Å². The molecule has 5 heteroatoms. The smallest absolute Gasteiger partial charge is 0.257 e. The monoisotopic (exact) mass is 367 g/mol. The van der Waals surface area contributed by atoms with Gasteiger partial charge in [0, 0.05) is 38.3 Å². The fourth-order valence-corrected chi connectivity index (χ4v) is 3.34. The third-order valence-corrected chi connectivity index (χ3v) is 5.11. The first kappa shape index (κ1) is 18.5. The van der Waals surface area contributed by atoms with E-state index in [9.17, 15) is 4.79 Å². The Morgan fingerprint density at radius 2 is 1.65 bits per heavy atom. The van der Waals surface area contributed by atoms with Crippen LogP contribution in [0.3, 0.4) is 0 Å². The number of hydrogen-bond donors (Lipinski definition) is 1. The van der Waals surface area contributed by atoms with E-state index in [2.05, 4.69) is 39.4 Å². The van der Waals surface area contributed by atoms with Gasteiger partial charge in [-0.3, -0.25) is 15.0 Å². The molecular weight excluding hydrogens is 342 g/mol. The Balaban J connectivity index is 1.43. The van der Waals surface area contributed by atoms with E-state index in [1.165, 1.54) is 5.56 Å². The Morgan fingerprint density at radius 1 is 1.00 bits per heavy atom. The van der Waals surface area contributed by atoms with E-state index in [-0.39, 0.29) is 5.91 Å². The van der Waals surface area contributed by atoms with Crippen molar-refractivity contribution in [3.8, 4) is 0 Å². The third-order valence-electron chi connectivity index (χ3n) is 4.75. The molecule has 1 amide bonds. The largest absolute Gasteiger partial charge is 0.346 e. The number of piperazine rings is 1. The molecule has 1 aliphatic rings. The molecule has 0 atom stereocenters. The Morgan fingerprint density at radius 3 is 2.31 bits per heavy atom. The molecule has 0 saturated carbocycles. The van der Waals surface area contributed by atoms with E-state index in [0.717, 1.165) is 44.7 Å². The normalized spacial score (nSPS) is 14.9. The second kappa shape index (κ2) is 8.92. The minimum absolute atomic E-state index is 0.137. The Hall–Kier alpha value is -2.24. The molecule has 136 valence electrons. The average molecular weight is 368 g/mol. The van der Waals surface area contributed by atoms with Crippen molar-refractivity contribution in [2.75, 3.05) is 32.7 Å². The Bertz CT molecular complexity index is 738. The molecule has 1 N–H and O–H groups in total. The third kappa shape index (κ3) is 5.13. The molecule has 3 rings (SSSR count). The molecule has 0 unspecified atom stereocenters. The van der Waals surface area contributed by atoms with Crippen molar-refractivity contribution >= 4 is 23.2 Å². The molecule has 1 fully saturated rings. The molecule has 0 radical (unpaired) electrons. The van der Waals surface area contributed by atoms with Gasteiger partial charge in [-0.2, -0.15) is 0 Å². The first-order chi connectivity index (χ1) is 12.6. The highest BCUT2D eigenvalue weighted by Gasteiger charge is 2.20. The SMILES string of the molecule is Cc1ccc(C(=O)NC(=S)N2CCN(CCc3ccccc3)CC2)cc1. The number of carbonyl (C=O) groups is 1. The quantitative estimate of drug-likeness (QED) is 0.843. The lowest BCUT2D eigenvalue weighted by atomic mass is 10.1. The highest BCUT2D eigenvalue weighted by molar-refractivity contribution is 7.80. The lowest BCUT2D eigenvalue weighted by molar-refractivity contribution is 0.0969.